The summed E-state index contributed by atoms with van der Waals surface area (Å²) in [6.45, 7) is 9.33. The number of nitrogens with one attached hydrogen (secondary N) is 1. The summed E-state index contributed by atoms with van der Waals surface area (Å²) in [5.74, 6) is -0.143. The van der Waals surface area contributed by atoms with Crippen LogP contribution in [0.25, 0.3) is 0 Å². The molecule has 0 bridgehead atoms. The molecular formula is C13H24N2O3. The van der Waals surface area contributed by atoms with Crippen molar-refractivity contribution >= 4 is 11.9 Å². The van der Waals surface area contributed by atoms with Crippen molar-refractivity contribution in [3.8, 4) is 0 Å². The number of carbonyl (C=O) groups excluding carboxylic acids is 2. The quantitative estimate of drug-likeness (QED) is 0.537. The Hall–Kier alpha value is -1.36. The fourth-order valence-electron chi connectivity index (χ4n) is 1.29. The van der Waals surface area contributed by atoms with Crippen LogP contribution in [0.5, 0.6) is 0 Å². The van der Waals surface area contributed by atoms with Crippen molar-refractivity contribution in [2.24, 2.45) is 5.73 Å². The molecule has 1 unspecified atom stereocenters. The molecular weight excluding hydrogens is 232 g/mol. The summed E-state index contributed by atoms with van der Waals surface area (Å²) in [6.07, 6.45) is 2.95. The third-order valence-corrected chi connectivity index (χ3v) is 2.18. The van der Waals surface area contributed by atoms with Gasteiger partial charge in [-0.05, 0) is 46.1 Å². The van der Waals surface area contributed by atoms with Crippen molar-refractivity contribution in [3.63, 3.8) is 0 Å². The molecule has 0 aromatic rings. The Morgan fingerprint density at radius 3 is 2.50 bits per heavy atom. The number of alkyl carbamates (subject to hydrolysis) is 1. The van der Waals surface area contributed by atoms with Crippen molar-refractivity contribution < 1.29 is 14.3 Å². The van der Waals surface area contributed by atoms with Crippen LogP contribution >= 0.6 is 0 Å². The Morgan fingerprint density at radius 2 is 2.00 bits per heavy atom. The van der Waals surface area contributed by atoms with Crippen LogP contribution in [-0.4, -0.2) is 30.1 Å². The summed E-state index contributed by atoms with van der Waals surface area (Å²) in [6, 6.07) is -0.482. The second-order valence-corrected chi connectivity index (χ2v) is 5.14. The molecule has 0 aliphatic heterocycles. The topological polar surface area (TPSA) is 81.4 Å². The molecule has 5 nitrogen and oxygen atoms in total. The van der Waals surface area contributed by atoms with Gasteiger partial charge in [0.2, 0.25) is 0 Å². The fourth-order valence-corrected chi connectivity index (χ4v) is 1.29. The first kappa shape index (κ1) is 16.6. The highest BCUT2D eigenvalue weighted by Gasteiger charge is 2.15. The number of hydrogen-bond acceptors (Lipinski definition) is 4. The Morgan fingerprint density at radius 1 is 1.39 bits per heavy atom. The van der Waals surface area contributed by atoms with E-state index in [0.29, 0.717) is 13.0 Å². The Balaban J connectivity index is 3.60. The minimum Gasteiger partial charge on any atom is -0.444 e. The Bertz CT molecular complexity index is 295. The molecule has 0 radical (unpaired) electrons. The van der Waals surface area contributed by atoms with Gasteiger partial charge in [-0.15, -0.1) is 0 Å². The van der Waals surface area contributed by atoms with Crippen LogP contribution in [0.1, 0.15) is 40.0 Å². The maximum absolute atomic E-state index is 11.3. The van der Waals surface area contributed by atoms with Crippen molar-refractivity contribution in [2.45, 2.75) is 51.7 Å². The highest BCUT2D eigenvalue weighted by molar-refractivity contribution is 5.93. The lowest BCUT2D eigenvalue weighted by molar-refractivity contribution is -0.115. The van der Waals surface area contributed by atoms with Crippen LogP contribution in [0, 0.1) is 0 Å². The van der Waals surface area contributed by atoms with E-state index in [-0.39, 0.29) is 5.78 Å². The summed E-state index contributed by atoms with van der Waals surface area (Å²) in [5, 5.41) is 2.65. The van der Waals surface area contributed by atoms with Crippen molar-refractivity contribution in [3.05, 3.63) is 12.7 Å². The molecule has 18 heavy (non-hydrogen) atoms. The maximum Gasteiger partial charge on any atom is 0.407 e. The number of unbranched alkanes of at least 4 members (excludes halogenated alkanes) is 1. The molecule has 104 valence electrons. The number of rotatable bonds is 7. The highest BCUT2D eigenvalue weighted by Crippen LogP contribution is 2.06. The highest BCUT2D eigenvalue weighted by atomic mass is 16.6. The van der Waals surface area contributed by atoms with E-state index in [2.05, 4.69) is 11.9 Å². The first-order valence-electron chi connectivity index (χ1n) is 6.15. The second-order valence-electron chi connectivity index (χ2n) is 5.14. The van der Waals surface area contributed by atoms with Crippen LogP contribution in [0.2, 0.25) is 0 Å². The first-order valence-corrected chi connectivity index (χ1v) is 6.15. The zero-order valence-corrected chi connectivity index (χ0v) is 11.5. The third kappa shape index (κ3) is 8.75. The number of nitrogens with two attached hydrogens (primary N) is 1. The van der Waals surface area contributed by atoms with Gasteiger partial charge in [-0.25, -0.2) is 4.79 Å². The lowest BCUT2D eigenvalue weighted by Gasteiger charge is -2.19. The average molecular weight is 256 g/mol. The van der Waals surface area contributed by atoms with Gasteiger partial charge in [0, 0.05) is 6.54 Å². The van der Waals surface area contributed by atoms with Crippen LogP contribution in [0.15, 0.2) is 12.7 Å². The van der Waals surface area contributed by atoms with Crippen molar-refractivity contribution in [2.75, 3.05) is 6.54 Å². The van der Waals surface area contributed by atoms with E-state index in [0.717, 1.165) is 12.8 Å². The predicted molar refractivity (Wildman–Crippen MR) is 71.3 cm³/mol. The van der Waals surface area contributed by atoms with Crippen LogP contribution in [0.4, 0.5) is 4.79 Å². The molecule has 0 saturated carbocycles. The lowest BCUT2D eigenvalue weighted by atomic mass is 10.1. The zero-order chi connectivity index (χ0) is 14.2. The Labute approximate surface area is 109 Å². The molecule has 1 atom stereocenters. The molecule has 0 heterocycles. The molecule has 3 N–H and O–H groups in total. The van der Waals surface area contributed by atoms with Gasteiger partial charge in [-0.1, -0.05) is 6.58 Å². The van der Waals surface area contributed by atoms with E-state index in [9.17, 15) is 9.59 Å². The molecule has 0 aliphatic carbocycles. The summed E-state index contributed by atoms with van der Waals surface area (Å²) in [5.41, 5.74) is 5.14. The van der Waals surface area contributed by atoms with Gasteiger partial charge in [0.05, 0.1) is 6.04 Å². The largest absolute Gasteiger partial charge is 0.444 e. The van der Waals surface area contributed by atoms with Crippen LogP contribution in [-0.2, 0) is 9.53 Å². The van der Waals surface area contributed by atoms with E-state index in [4.69, 9.17) is 10.5 Å². The minimum atomic E-state index is -0.483. The van der Waals surface area contributed by atoms with E-state index < -0.39 is 17.7 Å². The van der Waals surface area contributed by atoms with Gasteiger partial charge in [-0.3, -0.25) is 4.79 Å². The molecule has 0 spiro atoms. The molecule has 0 aliphatic rings. The normalized spacial score (nSPS) is 12.7. The number of amides is 1. The SMILES string of the molecule is C=CC(=O)C(N)CCCCNC(=O)OC(C)(C)C. The summed E-state index contributed by atoms with van der Waals surface area (Å²) >= 11 is 0. The zero-order valence-electron chi connectivity index (χ0n) is 11.5. The molecule has 0 saturated heterocycles. The number of hydrogen-bond donors (Lipinski definition) is 2. The van der Waals surface area contributed by atoms with Gasteiger partial charge >= 0.3 is 6.09 Å². The molecule has 0 aromatic heterocycles. The van der Waals surface area contributed by atoms with Gasteiger partial charge in [0.25, 0.3) is 0 Å². The van der Waals surface area contributed by atoms with Crippen molar-refractivity contribution in [1.82, 2.24) is 5.32 Å². The molecule has 1 amide bonds. The van der Waals surface area contributed by atoms with E-state index >= 15 is 0 Å². The van der Waals surface area contributed by atoms with E-state index in [1.165, 1.54) is 6.08 Å². The summed E-state index contributed by atoms with van der Waals surface area (Å²) < 4.78 is 5.08. The molecule has 0 fully saturated rings. The minimum absolute atomic E-state index is 0.143. The predicted octanol–water partition coefficient (Wildman–Crippen LogP) is 1.76. The standard InChI is InChI=1S/C13H24N2O3/c1-5-11(16)10(14)8-6-7-9-15-12(17)18-13(2,3)4/h5,10H,1,6-9,14H2,2-4H3,(H,15,17). The first-order chi connectivity index (χ1) is 8.26. The van der Waals surface area contributed by atoms with Crippen LogP contribution in [0.3, 0.4) is 0 Å². The summed E-state index contributed by atoms with van der Waals surface area (Å²) in [4.78, 5) is 22.4. The monoisotopic (exact) mass is 256 g/mol. The van der Waals surface area contributed by atoms with Crippen molar-refractivity contribution in [1.29, 1.82) is 0 Å². The van der Waals surface area contributed by atoms with Gasteiger partial charge in [0.1, 0.15) is 5.60 Å². The fraction of sp³-hybridized carbons (Fsp3) is 0.692. The van der Waals surface area contributed by atoms with E-state index in [1.54, 1.807) is 0 Å². The third-order valence-electron chi connectivity index (χ3n) is 2.18. The second kappa shape index (κ2) is 7.87. The molecule has 5 heteroatoms. The van der Waals surface area contributed by atoms with Gasteiger partial charge in [-0.2, -0.15) is 0 Å². The molecule has 0 aromatic carbocycles. The van der Waals surface area contributed by atoms with Gasteiger partial charge < -0.3 is 15.8 Å². The molecule has 0 rings (SSSR count). The Kier molecular flexibility index (Phi) is 7.27. The number of ketones is 1. The van der Waals surface area contributed by atoms with Crippen LogP contribution < -0.4 is 11.1 Å². The number of carbonyl (C=O) groups is 2. The van der Waals surface area contributed by atoms with E-state index in [1.807, 2.05) is 20.8 Å². The number of ether oxygens (including phenoxy) is 1. The summed E-state index contributed by atoms with van der Waals surface area (Å²) in [7, 11) is 0. The van der Waals surface area contributed by atoms with Gasteiger partial charge in [0.15, 0.2) is 5.78 Å². The average Bonchev–Trinajstić information content (AvgIpc) is 2.24. The lowest BCUT2D eigenvalue weighted by Crippen LogP contribution is -2.33. The maximum atomic E-state index is 11.3. The smallest absolute Gasteiger partial charge is 0.407 e.